The molecule has 0 atom stereocenters. The van der Waals surface area contributed by atoms with E-state index in [0.717, 1.165) is 18.9 Å². The predicted octanol–water partition coefficient (Wildman–Crippen LogP) is 3.15. The highest BCUT2D eigenvalue weighted by Gasteiger charge is 2.43. The van der Waals surface area contributed by atoms with Crippen LogP contribution in [-0.2, 0) is 14.3 Å². The summed E-state index contributed by atoms with van der Waals surface area (Å²) in [7, 11) is 1.54. The van der Waals surface area contributed by atoms with Gasteiger partial charge in [0, 0.05) is 11.6 Å². The van der Waals surface area contributed by atoms with Crippen LogP contribution in [0.3, 0.4) is 0 Å². The average molecular weight is 424 g/mol. The van der Waals surface area contributed by atoms with E-state index >= 15 is 0 Å². The number of Topliss-reactive ketones (excluding diaryl/α,β-unsaturated/α-hetero) is 1. The molecule has 1 aromatic carbocycles. The minimum Gasteiger partial charge on any atom is -0.497 e. The van der Waals surface area contributed by atoms with Crippen LogP contribution in [0.4, 0.5) is 0 Å². The second kappa shape index (κ2) is 8.98. The molecule has 140 valence electrons. The molecule has 1 N–H and O–H groups in total. The summed E-state index contributed by atoms with van der Waals surface area (Å²) in [5.74, 6) is -0.623. The third-order valence-electron chi connectivity index (χ3n) is 4.31. The molecule has 0 radical (unpaired) electrons. The fourth-order valence-electron chi connectivity index (χ4n) is 2.96. The molecule has 1 saturated carbocycles. The summed E-state index contributed by atoms with van der Waals surface area (Å²) >= 11 is 3.15. The first kappa shape index (κ1) is 20.2. The number of halogens is 1. The SMILES string of the molecule is CCOC(=O)C1(NC(=O)/C=C(\Br)C(=O)c2ccc(OC)cc2)CCCC1. The van der Waals surface area contributed by atoms with E-state index < -0.39 is 17.4 Å². The average Bonchev–Trinajstić information content (AvgIpc) is 3.11. The van der Waals surface area contributed by atoms with Gasteiger partial charge in [-0.3, -0.25) is 9.59 Å². The zero-order valence-electron chi connectivity index (χ0n) is 14.8. The first-order chi connectivity index (χ1) is 12.4. The molecule has 0 bridgehead atoms. The number of hydrogen-bond donors (Lipinski definition) is 1. The fourth-order valence-corrected chi connectivity index (χ4v) is 3.40. The number of methoxy groups -OCH3 is 1. The van der Waals surface area contributed by atoms with E-state index in [9.17, 15) is 14.4 Å². The van der Waals surface area contributed by atoms with Gasteiger partial charge in [-0.15, -0.1) is 0 Å². The largest absolute Gasteiger partial charge is 0.497 e. The lowest BCUT2D eigenvalue weighted by Gasteiger charge is -2.27. The number of rotatable bonds is 7. The molecule has 1 aliphatic carbocycles. The summed E-state index contributed by atoms with van der Waals surface area (Å²) in [6.45, 7) is 1.98. The molecule has 0 aromatic heterocycles. The Bertz CT molecular complexity index is 705. The van der Waals surface area contributed by atoms with E-state index in [1.54, 1.807) is 38.3 Å². The zero-order valence-corrected chi connectivity index (χ0v) is 16.4. The molecule has 0 aliphatic heterocycles. The first-order valence-electron chi connectivity index (χ1n) is 8.47. The van der Waals surface area contributed by atoms with Crippen LogP contribution in [0.1, 0.15) is 43.0 Å². The number of allylic oxidation sites excluding steroid dienone is 1. The number of ketones is 1. The minimum absolute atomic E-state index is 0.108. The Labute approximate surface area is 161 Å². The fraction of sp³-hybridized carbons (Fsp3) is 0.421. The number of ether oxygens (including phenoxy) is 2. The molecule has 1 aromatic rings. The van der Waals surface area contributed by atoms with Crippen molar-refractivity contribution < 1.29 is 23.9 Å². The molecule has 1 aliphatic rings. The van der Waals surface area contributed by atoms with Crippen molar-refractivity contribution in [3.8, 4) is 5.75 Å². The van der Waals surface area contributed by atoms with Crippen LogP contribution in [0.15, 0.2) is 34.8 Å². The number of benzene rings is 1. The summed E-state index contributed by atoms with van der Waals surface area (Å²) in [4.78, 5) is 37.0. The van der Waals surface area contributed by atoms with Gasteiger partial charge in [0.1, 0.15) is 11.3 Å². The molecule has 1 fully saturated rings. The van der Waals surface area contributed by atoms with Crippen molar-refractivity contribution in [2.24, 2.45) is 0 Å². The highest BCUT2D eigenvalue weighted by atomic mass is 79.9. The van der Waals surface area contributed by atoms with Gasteiger partial charge < -0.3 is 14.8 Å². The maximum Gasteiger partial charge on any atom is 0.331 e. The van der Waals surface area contributed by atoms with Crippen LogP contribution in [0, 0.1) is 0 Å². The van der Waals surface area contributed by atoms with Gasteiger partial charge in [0.2, 0.25) is 5.91 Å². The van der Waals surface area contributed by atoms with E-state index in [-0.39, 0.29) is 16.9 Å². The Hall–Kier alpha value is -2.15. The lowest BCUT2D eigenvalue weighted by Crippen LogP contribution is -2.53. The van der Waals surface area contributed by atoms with E-state index in [2.05, 4.69) is 21.2 Å². The van der Waals surface area contributed by atoms with Crippen LogP contribution in [0.2, 0.25) is 0 Å². The van der Waals surface area contributed by atoms with Gasteiger partial charge in [0.25, 0.3) is 0 Å². The number of hydrogen-bond acceptors (Lipinski definition) is 5. The van der Waals surface area contributed by atoms with Crippen molar-refractivity contribution in [1.82, 2.24) is 5.32 Å². The van der Waals surface area contributed by atoms with Gasteiger partial charge in [0.05, 0.1) is 18.2 Å². The Balaban J connectivity index is 2.10. The van der Waals surface area contributed by atoms with Crippen LogP contribution >= 0.6 is 15.9 Å². The van der Waals surface area contributed by atoms with E-state index in [1.165, 1.54) is 0 Å². The standard InChI is InChI=1S/C19H22BrNO5/c1-3-26-18(24)19(10-4-5-11-19)21-16(22)12-15(20)17(23)13-6-8-14(25-2)9-7-13/h6-9,12H,3-5,10-11H2,1-2H3,(H,21,22)/b15-12-. The monoisotopic (exact) mass is 423 g/mol. The normalized spacial score (nSPS) is 16.0. The third kappa shape index (κ3) is 4.72. The number of esters is 1. The molecule has 0 heterocycles. The molecule has 0 unspecified atom stereocenters. The molecular weight excluding hydrogens is 402 g/mol. The van der Waals surface area contributed by atoms with Crippen molar-refractivity contribution in [3.05, 3.63) is 40.4 Å². The lowest BCUT2D eigenvalue weighted by atomic mass is 9.97. The highest BCUT2D eigenvalue weighted by Crippen LogP contribution is 2.31. The smallest absolute Gasteiger partial charge is 0.331 e. The van der Waals surface area contributed by atoms with Crippen molar-refractivity contribution in [1.29, 1.82) is 0 Å². The summed E-state index contributed by atoms with van der Waals surface area (Å²) in [5, 5.41) is 2.74. The maximum atomic E-state index is 12.4. The van der Waals surface area contributed by atoms with Crippen molar-refractivity contribution in [2.75, 3.05) is 13.7 Å². The highest BCUT2D eigenvalue weighted by molar-refractivity contribution is 9.12. The second-order valence-corrected chi connectivity index (χ2v) is 6.90. The molecule has 0 spiro atoms. The minimum atomic E-state index is -1.000. The van der Waals surface area contributed by atoms with Gasteiger partial charge in [-0.2, -0.15) is 0 Å². The number of carbonyl (C=O) groups excluding carboxylic acids is 3. The third-order valence-corrected chi connectivity index (χ3v) is 4.90. The Morgan fingerprint density at radius 1 is 1.19 bits per heavy atom. The molecule has 2 rings (SSSR count). The van der Waals surface area contributed by atoms with Gasteiger partial charge in [-0.25, -0.2) is 4.79 Å². The quantitative estimate of drug-likeness (QED) is 0.413. The summed E-state index contributed by atoms with van der Waals surface area (Å²) in [6.07, 6.45) is 3.92. The topological polar surface area (TPSA) is 81.7 Å². The summed E-state index contributed by atoms with van der Waals surface area (Å²) < 4.78 is 10.3. The van der Waals surface area contributed by atoms with E-state index in [1.807, 2.05) is 0 Å². The summed E-state index contributed by atoms with van der Waals surface area (Å²) in [5.41, 5.74) is -0.581. The van der Waals surface area contributed by atoms with Crippen molar-refractivity contribution in [2.45, 2.75) is 38.1 Å². The number of amides is 1. The Morgan fingerprint density at radius 3 is 2.35 bits per heavy atom. The molecule has 7 heteroatoms. The summed E-state index contributed by atoms with van der Waals surface area (Å²) in [6, 6.07) is 6.57. The molecule has 26 heavy (non-hydrogen) atoms. The Morgan fingerprint density at radius 2 is 1.81 bits per heavy atom. The predicted molar refractivity (Wildman–Crippen MR) is 100 cm³/mol. The number of nitrogens with one attached hydrogen (secondary N) is 1. The van der Waals surface area contributed by atoms with Crippen LogP contribution < -0.4 is 10.1 Å². The first-order valence-corrected chi connectivity index (χ1v) is 9.26. The van der Waals surface area contributed by atoms with E-state index in [0.29, 0.717) is 24.2 Å². The second-order valence-electron chi connectivity index (χ2n) is 6.05. The van der Waals surface area contributed by atoms with Gasteiger partial charge >= 0.3 is 5.97 Å². The van der Waals surface area contributed by atoms with Gasteiger partial charge in [-0.05, 0) is 60.0 Å². The van der Waals surface area contributed by atoms with Crippen LogP contribution in [-0.4, -0.2) is 36.9 Å². The van der Waals surface area contributed by atoms with Gasteiger partial charge in [0.15, 0.2) is 5.78 Å². The van der Waals surface area contributed by atoms with Crippen LogP contribution in [0.25, 0.3) is 0 Å². The maximum absolute atomic E-state index is 12.4. The van der Waals surface area contributed by atoms with Crippen molar-refractivity contribution in [3.63, 3.8) is 0 Å². The Kier molecular flexibility index (Phi) is 6.97. The zero-order chi connectivity index (χ0) is 19.2. The van der Waals surface area contributed by atoms with Crippen molar-refractivity contribution >= 4 is 33.6 Å². The molecular formula is C19H22BrNO5. The van der Waals surface area contributed by atoms with Crippen LogP contribution in [0.5, 0.6) is 5.75 Å². The number of carbonyl (C=O) groups is 3. The lowest BCUT2D eigenvalue weighted by molar-refractivity contribution is -0.152. The molecule has 1 amide bonds. The van der Waals surface area contributed by atoms with Gasteiger partial charge in [-0.1, -0.05) is 12.8 Å². The molecule has 0 saturated heterocycles. The molecule has 6 nitrogen and oxygen atoms in total. The van der Waals surface area contributed by atoms with E-state index in [4.69, 9.17) is 9.47 Å².